The van der Waals surface area contributed by atoms with Gasteiger partial charge in [0.2, 0.25) is 11.9 Å². The molecule has 2 aliphatic heterocycles. The Hall–Kier alpha value is -1.45. The van der Waals surface area contributed by atoms with Gasteiger partial charge in [-0.25, -0.2) is 4.99 Å². The van der Waals surface area contributed by atoms with Gasteiger partial charge in [-0.15, -0.1) is 24.8 Å². The van der Waals surface area contributed by atoms with Crippen LogP contribution in [0, 0.1) is 5.92 Å². The van der Waals surface area contributed by atoms with E-state index in [1.165, 1.54) is 6.08 Å². The van der Waals surface area contributed by atoms with Crippen LogP contribution < -0.4 is 16.4 Å². The summed E-state index contributed by atoms with van der Waals surface area (Å²) in [5, 5.41) is 24.6. The van der Waals surface area contributed by atoms with Crippen LogP contribution in [0.1, 0.15) is 0 Å². The van der Waals surface area contributed by atoms with Crippen LogP contribution in [0.4, 0.5) is 0 Å². The molecule has 0 aromatic heterocycles. The van der Waals surface area contributed by atoms with Crippen LogP contribution in [0.3, 0.4) is 0 Å². The van der Waals surface area contributed by atoms with E-state index < -0.39 is 18.1 Å². The van der Waals surface area contributed by atoms with E-state index >= 15 is 0 Å². The van der Waals surface area contributed by atoms with E-state index in [0.29, 0.717) is 12.4 Å². The monoisotopic (exact) mass is 349 g/mol. The third-order valence-electron chi connectivity index (χ3n) is 3.52. The van der Waals surface area contributed by atoms with Crippen LogP contribution in [0.15, 0.2) is 33.9 Å². The van der Waals surface area contributed by atoms with E-state index in [1.807, 2.05) is 0 Å². The Morgan fingerprint density at radius 3 is 2.68 bits per heavy atom. The van der Waals surface area contributed by atoms with Crippen LogP contribution >= 0.6 is 24.8 Å². The average molecular weight is 350 g/mol. The first-order valence-electron chi connectivity index (χ1n) is 6.26. The molecule has 0 fully saturated rings. The molecule has 2 heterocycles. The molecule has 122 valence electrons. The van der Waals surface area contributed by atoms with Gasteiger partial charge in [0.15, 0.2) is 0 Å². The van der Waals surface area contributed by atoms with E-state index in [2.05, 4.69) is 20.6 Å². The van der Waals surface area contributed by atoms with Gasteiger partial charge in [-0.2, -0.15) is 4.99 Å². The largest absolute Gasteiger partial charge is 0.388 e. The van der Waals surface area contributed by atoms with Crippen molar-refractivity contribution in [3.05, 3.63) is 23.9 Å². The van der Waals surface area contributed by atoms with Crippen LogP contribution in [-0.2, 0) is 4.79 Å². The van der Waals surface area contributed by atoms with E-state index in [1.54, 1.807) is 12.3 Å². The molecular formula is C12H17Cl2N5O3. The summed E-state index contributed by atoms with van der Waals surface area (Å²) in [4.78, 5) is 19.9. The van der Waals surface area contributed by atoms with Gasteiger partial charge in [0.05, 0.1) is 12.1 Å². The quantitative estimate of drug-likeness (QED) is 0.393. The number of guanidine groups is 1. The lowest BCUT2D eigenvalue weighted by atomic mass is 9.98. The number of aliphatic imine (C=N–C) groups is 2. The number of carbonyl (C=O) groups is 1. The molecule has 0 spiro atoms. The highest BCUT2D eigenvalue weighted by molar-refractivity contribution is 6.19. The van der Waals surface area contributed by atoms with E-state index in [9.17, 15) is 15.0 Å². The van der Waals surface area contributed by atoms with Gasteiger partial charge in [-0.3, -0.25) is 10.1 Å². The zero-order valence-electron chi connectivity index (χ0n) is 11.3. The molecule has 22 heavy (non-hydrogen) atoms. The normalized spacial score (nSPS) is 32.1. The molecule has 0 saturated carbocycles. The van der Waals surface area contributed by atoms with E-state index in [0.717, 1.165) is 5.57 Å². The summed E-state index contributed by atoms with van der Waals surface area (Å²) in [5.74, 6) is -0.373. The fourth-order valence-electron chi connectivity index (χ4n) is 2.44. The van der Waals surface area contributed by atoms with Crippen molar-refractivity contribution in [2.45, 2.75) is 18.2 Å². The summed E-state index contributed by atoms with van der Waals surface area (Å²) in [5.41, 5.74) is 6.21. The number of hydrogen-bond acceptors (Lipinski definition) is 7. The van der Waals surface area contributed by atoms with Crippen molar-refractivity contribution < 1.29 is 15.0 Å². The summed E-state index contributed by atoms with van der Waals surface area (Å²) in [6, 6.07) is -0.352. The minimum absolute atomic E-state index is 0. The Kier molecular flexibility index (Phi) is 6.09. The highest BCUT2D eigenvalue weighted by Crippen LogP contribution is 2.23. The molecule has 6 N–H and O–H groups in total. The Morgan fingerprint density at radius 1 is 1.32 bits per heavy atom. The average Bonchev–Trinajstić information content (AvgIpc) is 2.93. The van der Waals surface area contributed by atoms with Crippen molar-refractivity contribution in [2.75, 3.05) is 6.54 Å². The van der Waals surface area contributed by atoms with Crippen LogP contribution in [0.5, 0.6) is 0 Å². The lowest BCUT2D eigenvalue weighted by molar-refractivity contribution is -0.120. The number of fused-ring (bicyclic) bond motifs is 1. The molecule has 3 aliphatic rings. The first kappa shape index (κ1) is 18.6. The number of hydrogen-bond donors (Lipinski definition) is 5. The molecule has 0 aromatic carbocycles. The lowest BCUT2D eigenvalue weighted by Crippen LogP contribution is -2.49. The standard InChI is InChI=1S/C12H15N5O3.2ClH/c13-12-16-10-8(11(20)17-12)5(4-15-10)3-14-6-1-2-7(18)9(6)19;;/h1-2,4,6-9,14,18-19H,3H2,(H3,13,15,16,17,20);2*1H. The number of rotatable bonds is 3. The number of amidine groups is 1. The third-order valence-corrected chi connectivity index (χ3v) is 3.52. The van der Waals surface area contributed by atoms with Gasteiger partial charge in [0.25, 0.3) is 0 Å². The number of amides is 1. The van der Waals surface area contributed by atoms with Gasteiger partial charge < -0.3 is 21.3 Å². The number of aliphatic hydroxyl groups is 2. The molecule has 1 amide bonds. The van der Waals surface area contributed by atoms with Crippen molar-refractivity contribution in [1.82, 2.24) is 10.6 Å². The minimum Gasteiger partial charge on any atom is -0.388 e. The topological polar surface area (TPSA) is 132 Å². The molecule has 10 heteroatoms. The summed E-state index contributed by atoms with van der Waals surface area (Å²) >= 11 is 0. The molecular weight excluding hydrogens is 333 g/mol. The van der Waals surface area contributed by atoms with Gasteiger partial charge in [-0.05, 0) is 5.57 Å². The molecule has 0 aromatic rings. The number of nitrogens with zero attached hydrogens (tertiary/aromatic N) is 2. The SMILES string of the molecule is Cl.Cl.NC1=NC2=NC=C(CNC3C=CC(O)C3O)C2C(=O)N1. The van der Waals surface area contributed by atoms with Crippen molar-refractivity contribution in [3.8, 4) is 0 Å². The predicted octanol–water partition coefficient (Wildman–Crippen LogP) is -1.56. The van der Waals surface area contributed by atoms with Gasteiger partial charge >= 0.3 is 0 Å². The zero-order valence-corrected chi connectivity index (χ0v) is 13.0. The second-order valence-electron chi connectivity index (χ2n) is 4.88. The maximum Gasteiger partial charge on any atom is 0.241 e. The summed E-state index contributed by atoms with van der Waals surface area (Å²) in [7, 11) is 0. The maximum absolute atomic E-state index is 11.9. The molecule has 0 radical (unpaired) electrons. The third kappa shape index (κ3) is 3.31. The summed E-state index contributed by atoms with van der Waals surface area (Å²) in [6.45, 7) is 0.360. The molecule has 4 unspecified atom stereocenters. The Morgan fingerprint density at radius 2 is 2.05 bits per heavy atom. The number of halogens is 2. The number of carbonyl (C=O) groups excluding carboxylic acids is 1. The Bertz CT molecular complexity index is 575. The Labute approximate surface area is 139 Å². The molecule has 0 saturated heterocycles. The van der Waals surface area contributed by atoms with Crippen molar-refractivity contribution in [1.29, 1.82) is 0 Å². The lowest BCUT2D eigenvalue weighted by Gasteiger charge is -2.22. The van der Waals surface area contributed by atoms with Crippen LogP contribution in [0.25, 0.3) is 0 Å². The van der Waals surface area contributed by atoms with Gasteiger partial charge in [0, 0.05) is 12.7 Å². The fraction of sp³-hybridized carbons (Fsp3) is 0.417. The smallest absolute Gasteiger partial charge is 0.241 e. The Balaban J connectivity index is 0.00000121. The summed E-state index contributed by atoms with van der Waals surface area (Å²) < 4.78 is 0. The number of nitrogens with one attached hydrogen (secondary N) is 2. The molecule has 8 nitrogen and oxygen atoms in total. The first-order valence-corrected chi connectivity index (χ1v) is 6.26. The molecule has 0 bridgehead atoms. The molecule has 4 atom stereocenters. The second-order valence-corrected chi connectivity index (χ2v) is 4.88. The zero-order chi connectivity index (χ0) is 14.3. The molecule has 3 rings (SSSR count). The van der Waals surface area contributed by atoms with Gasteiger partial charge in [-0.1, -0.05) is 12.2 Å². The minimum atomic E-state index is -0.883. The van der Waals surface area contributed by atoms with Crippen molar-refractivity contribution in [3.63, 3.8) is 0 Å². The number of aliphatic hydroxyl groups excluding tert-OH is 2. The van der Waals surface area contributed by atoms with Crippen LogP contribution in [0.2, 0.25) is 0 Å². The highest BCUT2D eigenvalue weighted by atomic mass is 35.5. The predicted molar refractivity (Wildman–Crippen MR) is 86.2 cm³/mol. The number of nitrogens with two attached hydrogens (primary N) is 1. The molecule has 1 aliphatic carbocycles. The van der Waals surface area contributed by atoms with E-state index in [4.69, 9.17) is 5.73 Å². The van der Waals surface area contributed by atoms with Gasteiger partial charge in [0.1, 0.15) is 17.9 Å². The highest BCUT2D eigenvalue weighted by Gasteiger charge is 2.36. The fourth-order valence-corrected chi connectivity index (χ4v) is 2.44. The van der Waals surface area contributed by atoms with Crippen LogP contribution in [-0.4, -0.2) is 52.7 Å². The first-order chi connectivity index (χ1) is 9.56. The van der Waals surface area contributed by atoms with E-state index in [-0.39, 0.29) is 42.7 Å². The second kappa shape index (κ2) is 7.21. The van der Waals surface area contributed by atoms with Crippen molar-refractivity contribution >= 4 is 42.5 Å². The van der Waals surface area contributed by atoms with Crippen molar-refractivity contribution in [2.24, 2.45) is 21.6 Å². The summed E-state index contributed by atoms with van der Waals surface area (Å²) in [6.07, 6.45) is 3.07. The maximum atomic E-state index is 11.9.